The fourth-order valence-corrected chi connectivity index (χ4v) is 1.87. The Morgan fingerprint density at radius 1 is 1.20 bits per heavy atom. The largest absolute Gasteiger partial charge is 0.276 e. The van der Waals surface area contributed by atoms with E-state index >= 15 is 0 Å². The fourth-order valence-electron chi connectivity index (χ4n) is 1.74. The second-order valence-electron chi connectivity index (χ2n) is 3.99. The zero-order chi connectivity index (χ0) is 14.5. The number of nitrogens with zero attached hydrogens (tertiary/aromatic N) is 2. The van der Waals surface area contributed by atoms with Crippen LogP contribution >= 0.6 is 11.6 Å². The van der Waals surface area contributed by atoms with Crippen LogP contribution in [0.2, 0.25) is 5.02 Å². The van der Waals surface area contributed by atoms with E-state index in [1.807, 2.05) is 6.07 Å². The zero-order valence-corrected chi connectivity index (χ0v) is 11.0. The average molecular weight is 285 g/mol. The second-order valence-corrected chi connectivity index (χ2v) is 4.43. The molecule has 2 aromatic rings. The molecule has 4 nitrogen and oxygen atoms in total. The lowest BCUT2D eigenvalue weighted by molar-refractivity contribution is -0.385. The first-order chi connectivity index (χ1) is 9.61. The van der Waals surface area contributed by atoms with E-state index < -0.39 is 4.92 Å². The van der Waals surface area contributed by atoms with Crippen LogP contribution in [0.1, 0.15) is 11.1 Å². The Morgan fingerprint density at radius 2 is 1.85 bits per heavy atom. The highest BCUT2D eigenvalue weighted by molar-refractivity contribution is 6.30. The Bertz CT molecular complexity index is 715. The van der Waals surface area contributed by atoms with Crippen LogP contribution < -0.4 is 0 Å². The first-order valence-electron chi connectivity index (χ1n) is 5.73. The normalized spacial score (nSPS) is 10.9. The second kappa shape index (κ2) is 6.00. The lowest BCUT2D eigenvalue weighted by Crippen LogP contribution is -1.91. The molecule has 2 aromatic carbocycles. The predicted octanol–water partition coefficient (Wildman–Crippen LogP) is 4.31. The molecule has 0 aliphatic rings. The van der Waals surface area contributed by atoms with Crippen molar-refractivity contribution in [3.05, 3.63) is 74.8 Å². The molecule has 0 unspecified atom stereocenters. The van der Waals surface area contributed by atoms with Gasteiger partial charge in [-0.15, -0.1) is 0 Å². The van der Waals surface area contributed by atoms with Crippen LogP contribution in [0.25, 0.3) is 11.6 Å². The van der Waals surface area contributed by atoms with E-state index in [2.05, 4.69) is 0 Å². The van der Waals surface area contributed by atoms with Crippen LogP contribution in [0.4, 0.5) is 5.69 Å². The van der Waals surface area contributed by atoms with Crippen molar-refractivity contribution >= 4 is 28.9 Å². The van der Waals surface area contributed by atoms with E-state index in [1.54, 1.807) is 42.5 Å². The Kier molecular flexibility index (Phi) is 4.14. The van der Waals surface area contributed by atoms with Crippen LogP contribution in [-0.4, -0.2) is 4.92 Å². The molecule has 0 atom stereocenters. The molecule has 0 spiro atoms. The summed E-state index contributed by atoms with van der Waals surface area (Å²) in [5.74, 6) is 0. The quantitative estimate of drug-likeness (QED) is 0.365. The molecule has 98 valence electrons. The van der Waals surface area contributed by atoms with Gasteiger partial charge in [0.2, 0.25) is 0 Å². The Labute approximate surface area is 120 Å². The number of nitriles is 1. The standard InChI is InChI=1S/C15H9ClN2O2/c16-14-7-5-11(6-8-14)13(10-17)9-12-3-1-2-4-15(12)18(19)20/h1-9H/b13-9-. The molecule has 5 heteroatoms. The van der Waals surface area contributed by atoms with Crippen LogP contribution in [0.15, 0.2) is 48.5 Å². The van der Waals surface area contributed by atoms with Gasteiger partial charge in [-0.25, -0.2) is 0 Å². The van der Waals surface area contributed by atoms with E-state index in [0.717, 1.165) is 0 Å². The molecule has 0 fully saturated rings. The highest BCUT2D eigenvalue weighted by atomic mass is 35.5. The van der Waals surface area contributed by atoms with Crippen molar-refractivity contribution in [3.63, 3.8) is 0 Å². The summed E-state index contributed by atoms with van der Waals surface area (Å²) in [7, 11) is 0. The van der Waals surface area contributed by atoms with E-state index in [4.69, 9.17) is 11.6 Å². The minimum atomic E-state index is -0.470. The van der Waals surface area contributed by atoms with Crippen LogP contribution in [0, 0.1) is 21.4 Å². The van der Waals surface area contributed by atoms with Gasteiger partial charge in [-0.3, -0.25) is 10.1 Å². The van der Waals surface area contributed by atoms with E-state index in [9.17, 15) is 15.4 Å². The molecule has 0 amide bonds. The maximum Gasteiger partial charge on any atom is 0.276 e. The third-order valence-electron chi connectivity index (χ3n) is 2.71. The summed E-state index contributed by atoms with van der Waals surface area (Å²) >= 11 is 5.79. The molecular formula is C15H9ClN2O2. The lowest BCUT2D eigenvalue weighted by Gasteiger charge is -2.01. The minimum absolute atomic E-state index is 0.0331. The van der Waals surface area contributed by atoms with Crippen molar-refractivity contribution in [1.82, 2.24) is 0 Å². The number of nitro benzene ring substituents is 1. The van der Waals surface area contributed by atoms with Gasteiger partial charge in [0.25, 0.3) is 5.69 Å². The van der Waals surface area contributed by atoms with Gasteiger partial charge in [0.1, 0.15) is 0 Å². The third kappa shape index (κ3) is 3.02. The summed E-state index contributed by atoms with van der Waals surface area (Å²) in [6.45, 7) is 0. The molecule has 0 aliphatic heterocycles. The number of rotatable bonds is 3. The molecule has 0 aliphatic carbocycles. The summed E-state index contributed by atoms with van der Waals surface area (Å²) < 4.78 is 0. The summed E-state index contributed by atoms with van der Waals surface area (Å²) in [5, 5.41) is 20.7. The number of hydrogen-bond acceptors (Lipinski definition) is 3. The molecule has 20 heavy (non-hydrogen) atoms. The van der Waals surface area contributed by atoms with Gasteiger partial charge >= 0.3 is 0 Å². The molecule has 0 N–H and O–H groups in total. The first kappa shape index (κ1) is 13.8. The fraction of sp³-hybridized carbons (Fsp3) is 0. The van der Waals surface area contributed by atoms with Crippen molar-refractivity contribution in [2.24, 2.45) is 0 Å². The van der Waals surface area contributed by atoms with Gasteiger partial charge in [0.05, 0.1) is 22.1 Å². The van der Waals surface area contributed by atoms with Crippen LogP contribution in [0.5, 0.6) is 0 Å². The smallest absolute Gasteiger partial charge is 0.258 e. The lowest BCUT2D eigenvalue weighted by atomic mass is 10.0. The Balaban J connectivity index is 2.50. The molecular weight excluding hydrogens is 276 g/mol. The predicted molar refractivity (Wildman–Crippen MR) is 78.0 cm³/mol. The number of halogens is 1. The monoisotopic (exact) mass is 284 g/mol. The molecule has 0 aromatic heterocycles. The maximum absolute atomic E-state index is 10.9. The van der Waals surface area contributed by atoms with Gasteiger partial charge in [0, 0.05) is 11.1 Å². The van der Waals surface area contributed by atoms with Crippen molar-refractivity contribution in [2.45, 2.75) is 0 Å². The first-order valence-corrected chi connectivity index (χ1v) is 6.11. The van der Waals surface area contributed by atoms with Crippen LogP contribution in [0.3, 0.4) is 0 Å². The molecule has 0 saturated carbocycles. The Hall–Kier alpha value is -2.64. The van der Waals surface area contributed by atoms with Crippen molar-refractivity contribution in [3.8, 4) is 6.07 Å². The molecule has 0 radical (unpaired) electrons. The third-order valence-corrected chi connectivity index (χ3v) is 2.96. The summed E-state index contributed by atoms with van der Waals surface area (Å²) in [5.41, 5.74) is 1.37. The van der Waals surface area contributed by atoms with Crippen LogP contribution in [-0.2, 0) is 0 Å². The zero-order valence-electron chi connectivity index (χ0n) is 10.3. The average Bonchev–Trinajstić information content (AvgIpc) is 2.46. The highest BCUT2D eigenvalue weighted by Gasteiger charge is 2.11. The number of hydrogen-bond donors (Lipinski definition) is 0. The summed E-state index contributed by atoms with van der Waals surface area (Å²) in [6.07, 6.45) is 1.50. The molecule has 0 heterocycles. The number of nitro groups is 1. The van der Waals surface area contributed by atoms with Gasteiger partial charge < -0.3 is 0 Å². The van der Waals surface area contributed by atoms with Crippen molar-refractivity contribution < 1.29 is 4.92 Å². The number of benzene rings is 2. The molecule has 0 bridgehead atoms. The van der Waals surface area contributed by atoms with Crippen molar-refractivity contribution in [1.29, 1.82) is 5.26 Å². The number of allylic oxidation sites excluding steroid dienone is 1. The van der Waals surface area contributed by atoms with Gasteiger partial charge in [-0.05, 0) is 29.8 Å². The van der Waals surface area contributed by atoms with E-state index in [0.29, 0.717) is 21.7 Å². The van der Waals surface area contributed by atoms with Gasteiger partial charge in [-0.1, -0.05) is 35.9 Å². The minimum Gasteiger partial charge on any atom is -0.258 e. The van der Waals surface area contributed by atoms with E-state index in [-0.39, 0.29) is 5.69 Å². The SMILES string of the molecule is N#C/C(=C/c1ccccc1[N+](=O)[O-])c1ccc(Cl)cc1. The highest BCUT2D eigenvalue weighted by Crippen LogP contribution is 2.24. The maximum atomic E-state index is 10.9. The van der Waals surface area contributed by atoms with Gasteiger partial charge in [-0.2, -0.15) is 5.26 Å². The number of para-hydroxylation sites is 1. The van der Waals surface area contributed by atoms with E-state index in [1.165, 1.54) is 12.1 Å². The Morgan fingerprint density at radius 3 is 2.45 bits per heavy atom. The summed E-state index contributed by atoms with van der Waals surface area (Å²) in [4.78, 5) is 10.5. The summed E-state index contributed by atoms with van der Waals surface area (Å²) in [6, 6.07) is 15.1. The van der Waals surface area contributed by atoms with Gasteiger partial charge in [0.15, 0.2) is 0 Å². The van der Waals surface area contributed by atoms with Crippen molar-refractivity contribution in [2.75, 3.05) is 0 Å². The topological polar surface area (TPSA) is 66.9 Å². The molecule has 2 rings (SSSR count). The molecule has 0 saturated heterocycles.